The van der Waals surface area contributed by atoms with Gasteiger partial charge in [0.15, 0.2) is 6.10 Å². The smallest absolute Gasteiger partial charge is 0.263 e. The van der Waals surface area contributed by atoms with Crippen LogP contribution in [0.5, 0.6) is 5.75 Å². The molecule has 1 aromatic rings. The Morgan fingerprint density at radius 1 is 1.63 bits per heavy atom. The summed E-state index contributed by atoms with van der Waals surface area (Å²) < 4.78 is 5.63. The van der Waals surface area contributed by atoms with Crippen LogP contribution in [0.4, 0.5) is 0 Å². The van der Waals surface area contributed by atoms with Gasteiger partial charge in [-0.05, 0) is 44.0 Å². The van der Waals surface area contributed by atoms with Crippen LogP contribution in [0.1, 0.15) is 13.3 Å². The minimum Gasteiger partial charge on any atom is -0.481 e. The number of rotatable bonds is 4. The lowest BCUT2D eigenvalue weighted by atomic mass is 10.1. The first-order chi connectivity index (χ1) is 9.10. The highest BCUT2D eigenvalue weighted by atomic mass is 35.5. The SMILES string of the molecule is CC(Oc1cccc(Cl)c1)C(=O)N1CCC(CN)C1. The molecule has 2 atom stereocenters. The lowest BCUT2D eigenvalue weighted by Crippen LogP contribution is -2.39. The van der Waals surface area contributed by atoms with Crippen molar-refractivity contribution in [3.8, 4) is 5.75 Å². The fourth-order valence-corrected chi connectivity index (χ4v) is 2.46. The van der Waals surface area contributed by atoms with E-state index in [2.05, 4.69) is 0 Å². The molecule has 1 heterocycles. The predicted molar refractivity (Wildman–Crippen MR) is 75.3 cm³/mol. The summed E-state index contributed by atoms with van der Waals surface area (Å²) in [5.74, 6) is 1.04. The molecule has 1 saturated heterocycles. The Bertz CT molecular complexity index is 453. The van der Waals surface area contributed by atoms with E-state index in [0.717, 1.165) is 19.5 Å². The molecule has 2 rings (SSSR count). The molecule has 0 aliphatic carbocycles. The van der Waals surface area contributed by atoms with Gasteiger partial charge >= 0.3 is 0 Å². The number of ether oxygens (including phenoxy) is 1. The van der Waals surface area contributed by atoms with E-state index in [4.69, 9.17) is 22.1 Å². The molecule has 1 amide bonds. The lowest BCUT2D eigenvalue weighted by molar-refractivity contribution is -0.136. The van der Waals surface area contributed by atoms with Crippen LogP contribution in [0.2, 0.25) is 5.02 Å². The summed E-state index contributed by atoms with van der Waals surface area (Å²) in [5.41, 5.74) is 5.63. The number of carbonyl (C=O) groups is 1. The second kappa shape index (κ2) is 6.26. The first kappa shape index (κ1) is 14.2. The Hall–Kier alpha value is -1.26. The number of nitrogens with two attached hydrogens (primary N) is 1. The topological polar surface area (TPSA) is 55.6 Å². The molecule has 0 spiro atoms. The Labute approximate surface area is 118 Å². The first-order valence-corrected chi connectivity index (χ1v) is 6.89. The quantitative estimate of drug-likeness (QED) is 0.918. The van der Waals surface area contributed by atoms with Gasteiger partial charge in [0.25, 0.3) is 5.91 Å². The molecule has 1 aliphatic heterocycles. The zero-order valence-electron chi connectivity index (χ0n) is 11.0. The molecular weight excluding hydrogens is 264 g/mol. The van der Waals surface area contributed by atoms with E-state index in [9.17, 15) is 4.79 Å². The zero-order chi connectivity index (χ0) is 13.8. The van der Waals surface area contributed by atoms with Crippen LogP contribution in [0.15, 0.2) is 24.3 Å². The molecule has 0 bridgehead atoms. The average molecular weight is 283 g/mol. The molecule has 2 unspecified atom stereocenters. The summed E-state index contributed by atoms with van der Waals surface area (Å²) in [7, 11) is 0. The normalized spacial score (nSPS) is 20.4. The van der Waals surface area contributed by atoms with E-state index in [0.29, 0.717) is 23.2 Å². The number of benzene rings is 1. The molecule has 104 valence electrons. The number of nitrogens with zero attached hydrogens (tertiary/aromatic N) is 1. The van der Waals surface area contributed by atoms with Gasteiger partial charge in [-0.15, -0.1) is 0 Å². The van der Waals surface area contributed by atoms with Crippen LogP contribution in [0.25, 0.3) is 0 Å². The van der Waals surface area contributed by atoms with Crippen molar-refractivity contribution in [2.24, 2.45) is 11.7 Å². The zero-order valence-corrected chi connectivity index (χ0v) is 11.8. The third kappa shape index (κ3) is 3.61. The molecule has 2 N–H and O–H groups in total. The molecule has 0 aromatic heterocycles. The summed E-state index contributed by atoms with van der Waals surface area (Å²) in [6.07, 6.45) is 0.474. The molecule has 19 heavy (non-hydrogen) atoms. The van der Waals surface area contributed by atoms with Crippen LogP contribution in [0, 0.1) is 5.92 Å². The van der Waals surface area contributed by atoms with Gasteiger partial charge < -0.3 is 15.4 Å². The Kier molecular flexibility index (Phi) is 4.66. The van der Waals surface area contributed by atoms with Crippen molar-refractivity contribution >= 4 is 17.5 Å². The number of hydrogen-bond acceptors (Lipinski definition) is 3. The van der Waals surface area contributed by atoms with Crippen molar-refractivity contribution in [1.29, 1.82) is 0 Å². The fourth-order valence-electron chi connectivity index (χ4n) is 2.28. The van der Waals surface area contributed by atoms with Gasteiger partial charge in [0.2, 0.25) is 0 Å². The summed E-state index contributed by atoms with van der Waals surface area (Å²) in [4.78, 5) is 14.0. The number of hydrogen-bond donors (Lipinski definition) is 1. The van der Waals surface area contributed by atoms with Gasteiger partial charge in [-0.3, -0.25) is 4.79 Å². The van der Waals surface area contributed by atoms with Crippen LogP contribution in [0.3, 0.4) is 0 Å². The maximum atomic E-state index is 12.2. The molecule has 0 saturated carbocycles. The monoisotopic (exact) mass is 282 g/mol. The molecule has 0 radical (unpaired) electrons. The summed E-state index contributed by atoms with van der Waals surface area (Å²) >= 11 is 5.88. The average Bonchev–Trinajstić information content (AvgIpc) is 2.86. The number of halogens is 1. The van der Waals surface area contributed by atoms with Gasteiger partial charge in [-0.1, -0.05) is 17.7 Å². The highest BCUT2D eigenvalue weighted by Gasteiger charge is 2.29. The van der Waals surface area contributed by atoms with Crippen LogP contribution in [-0.2, 0) is 4.79 Å². The van der Waals surface area contributed by atoms with Crippen molar-refractivity contribution in [2.45, 2.75) is 19.4 Å². The summed E-state index contributed by atoms with van der Waals surface area (Å²) in [6.45, 7) is 3.90. The minimum absolute atomic E-state index is 0.0101. The van der Waals surface area contributed by atoms with Crippen LogP contribution in [-0.4, -0.2) is 36.5 Å². The molecule has 5 heteroatoms. The number of amides is 1. The highest BCUT2D eigenvalue weighted by Crippen LogP contribution is 2.20. The second-order valence-electron chi connectivity index (χ2n) is 4.89. The first-order valence-electron chi connectivity index (χ1n) is 6.51. The Morgan fingerprint density at radius 2 is 2.42 bits per heavy atom. The highest BCUT2D eigenvalue weighted by molar-refractivity contribution is 6.30. The Balaban J connectivity index is 1.93. The van der Waals surface area contributed by atoms with E-state index in [1.807, 2.05) is 4.90 Å². The maximum absolute atomic E-state index is 12.2. The minimum atomic E-state index is -0.505. The maximum Gasteiger partial charge on any atom is 0.263 e. The van der Waals surface area contributed by atoms with E-state index in [-0.39, 0.29) is 5.91 Å². The van der Waals surface area contributed by atoms with Crippen molar-refractivity contribution < 1.29 is 9.53 Å². The molecule has 1 fully saturated rings. The largest absolute Gasteiger partial charge is 0.481 e. The van der Waals surface area contributed by atoms with E-state index >= 15 is 0 Å². The van der Waals surface area contributed by atoms with Crippen molar-refractivity contribution in [3.05, 3.63) is 29.3 Å². The van der Waals surface area contributed by atoms with Gasteiger partial charge in [-0.2, -0.15) is 0 Å². The van der Waals surface area contributed by atoms with Crippen molar-refractivity contribution in [2.75, 3.05) is 19.6 Å². The molecule has 4 nitrogen and oxygen atoms in total. The van der Waals surface area contributed by atoms with Gasteiger partial charge in [-0.25, -0.2) is 0 Å². The van der Waals surface area contributed by atoms with Gasteiger partial charge in [0, 0.05) is 18.1 Å². The summed E-state index contributed by atoms with van der Waals surface area (Å²) in [6, 6.07) is 7.07. The fraction of sp³-hybridized carbons (Fsp3) is 0.500. The predicted octanol–water partition coefficient (Wildman–Crippen LogP) is 1.91. The van der Waals surface area contributed by atoms with Crippen LogP contribution < -0.4 is 10.5 Å². The van der Waals surface area contributed by atoms with Crippen molar-refractivity contribution in [3.63, 3.8) is 0 Å². The number of carbonyl (C=O) groups excluding carboxylic acids is 1. The lowest BCUT2D eigenvalue weighted by Gasteiger charge is -2.21. The third-order valence-electron chi connectivity index (χ3n) is 3.39. The van der Waals surface area contributed by atoms with Gasteiger partial charge in [0.05, 0.1) is 0 Å². The van der Waals surface area contributed by atoms with E-state index in [1.54, 1.807) is 31.2 Å². The molecule has 1 aromatic carbocycles. The standard InChI is InChI=1S/C14H19ClN2O2/c1-10(19-13-4-2-3-12(15)7-13)14(18)17-6-5-11(8-16)9-17/h2-4,7,10-11H,5-6,8-9,16H2,1H3. The van der Waals surface area contributed by atoms with Crippen LogP contribution >= 0.6 is 11.6 Å². The third-order valence-corrected chi connectivity index (χ3v) is 3.62. The second-order valence-corrected chi connectivity index (χ2v) is 5.33. The van der Waals surface area contributed by atoms with Crippen molar-refractivity contribution in [1.82, 2.24) is 4.90 Å². The number of likely N-dealkylation sites (tertiary alicyclic amines) is 1. The Morgan fingerprint density at radius 3 is 3.05 bits per heavy atom. The van der Waals surface area contributed by atoms with E-state index < -0.39 is 6.10 Å². The van der Waals surface area contributed by atoms with E-state index in [1.165, 1.54) is 0 Å². The molecular formula is C14H19ClN2O2. The van der Waals surface area contributed by atoms with Gasteiger partial charge in [0.1, 0.15) is 5.75 Å². The molecule has 1 aliphatic rings. The summed E-state index contributed by atoms with van der Waals surface area (Å²) in [5, 5.41) is 0.599.